The minimum absolute atomic E-state index is 0.188. The van der Waals surface area contributed by atoms with Crippen molar-refractivity contribution in [3.8, 4) is 5.75 Å². The quantitative estimate of drug-likeness (QED) is 0.707. The molecule has 0 aliphatic heterocycles. The lowest BCUT2D eigenvalue weighted by molar-refractivity contribution is 0.414. The van der Waals surface area contributed by atoms with Gasteiger partial charge in [-0.3, -0.25) is 9.78 Å². The summed E-state index contributed by atoms with van der Waals surface area (Å²) in [5, 5.41) is 11.6. The molecule has 0 atom stereocenters. The summed E-state index contributed by atoms with van der Waals surface area (Å²) in [7, 11) is 1.60. The number of methoxy groups -OCH3 is 1. The first-order chi connectivity index (χ1) is 12.1. The number of halogens is 2. The number of H-pyrrole nitrogens is 1. The van der Waals surface area contributed by atoms with E-state index in [1.165, 1.54) is 0 Å². The molecule has 6 nitrogen and oxygen atoms in total. The van der Waals surface area contributed by atoms with E-state index in [1.54, 1.807) is 25.3 Å². The van der Waals surface area contributed by atoms with Gasteiger partial charge in [-0.2, -0.15) is 0 Å². The Labute approximate surface area is 153 Å². The molecule has 8 heteroatoms. The molecule has 0 amide bonds. The van der Waals surface area contributed by atoms with Crippen LogP contribution in [0.3, 0.4) is 0 Å². The number of aromatic nitrogens is 3. The highest BCUT2D eigenvalue weighted by molar-refractivity contribution is 6.43. The summed E-state index contributed by atoms with van der Waals surface area (Å²) in [6.45, 7) is 0. The highest BCUT2D eigenvalue weighted by Gasteiger charge is 2.09. The molecule has 0 saturated carbocycles. The molecule has 0 spiro atoms. The van der Waals surface area contributed by atoms with Crippen LogP contribution in [0.5, 0.6) is 5.75 Å². The number of nitrogens with zero attached hydrogens (tertiary/aromatic N) is 2. The van der Waals surface area contributed by atoms with Crippen LogP contribution >= 0.6 is 23.2 Å². The third kappa shape index (κ3) is 4.10. The summed E-state index contributed by atoms with van der Waals surface area (Å²) in [5.74, 6) is 0.939. The Balaban J connectivity index is 1.78. The molecule has 0 bridgehead atoms. The van der Waals surface area contributed by atoms with Gasteiger partial charge in [-0.25, -0.2) is 0 Å². The van der Waals surface area contributed by atoms with E-state index in [1.807, 2.05) is 24.3 Å². The van der Waals surface area contributed by atoms with E-state index < -0.39 is 0 Å². The number of ether oxygens (including phenoxy) is 1. The normalized spacial score (nSPS) is 10.5. The Morgan fingerprint density at radius 2 is 1.88 bits per heavy atom. The standard InChI is InChI=1S/C17H14Cl2N4O2/c1-25-11-7-5-10(6-8-11)9-14-16(24)21-17(23-22-14)20-13-4-2-3-12(18)15(13)19/h2-8H,9H2,1H3,(H2,20,21,23,24). The van der Waals surface area contributed by atoms with Crippen molar-refractivity contribution in [2.24, 2.45) is 0 Å². The first-order valence-electron chi connectivity index (χ1n) is 7.36. The molecule has 3 aromatic rings. The SMILES string of the molecule is COc1ccc(Cc2nnc(Nc3cccc(Cl)c3Cl)[nH]c2=O)cc1. The number of benzene rings is 2. The smallest absolute Gasteiger partial charge is 0.274 e. The lowest BCUT2D eigenvalue weighted by Gasteiger charge is -2.08. The van der Waals surface area contributed by atoms with Crippen molar-refractivity contribution in [1.29, 1.82) is 0 Å². The summed E-state index contributed by atoms with van der Waals surface area (Å²) in [6, 6.07) is 12.5. The van der Waals surface area contributed by atoms with Gasteiger partial charge in [0.05, 0.1) is 22.8 Å². The molecular weight excluding hydrogens is 363 g/mol. The molecule has 3 rings (SSSR count). The zero-order valence-corrected chi connectivity index (χ0v) is 14.7. The maximum Gasteiger partial charge on any atom is 0.274 e. The van der Waals surface area contributed by atoms with Crippen LogP contribution in [0.15, 0.2) is 47.3 Å². The highest BCUT2D eigenvalue weighted by Crippen LogP contribution is 2.30. The van der Waals surface area contributed by atoms with Crippen molar-refractivity contribution in [2.45, 2.75) is 6.42 Å². The van der Waals surface area contributed by atoms with Crippen LogP contribution in [0.2, 0.25) is 10.0 Å². The van der Waals surface area contributed by atoms with Crippen molar-refractivity contribution in [3.63, 3.8) is 0 Å². The molecule has 0 aliphatic rings. The molecular formula is C17H14Cl2N4O2. The Morgan fingerprint density at radius 3 is 2.56 bits per heavy atom. The minimum Gasteiger partial charge on any atom is -0.497 e. The molecule has 128 valence electrons. The van der Waals surface area contributed by atoms with Crippen LogP contribution in [0.25, 0.3) is 0 Å². The van der Waals surface area contributed by atoms with Crippen molar-refractivity contribution >= 4 is 34.8 Å². The Morgan fingerprint density at radius 1 is 1.12 bits per heavy atom. The van der Waals surface area contributed by atoms with Crippen LogP contribution < -0.4 is 15.6 Å². The predicted octanol–water partition coefficient (Wildman–Crippen LogP) is 3.81. The Bertz CT molecular complexity index is 942. The number of nitrogens with one attached hydrogen (secondary N) is 2. The maximum absolute atomic E-state index is 12.2. The van der Waals surface area contributed by atoms with Gasteiger partial charge in [0.25, 0.3) is 5.56 Å². The second-order valence-corrected chi connectivity index (χ2v) is 5.99. The average molecular weight is 377 g/mol. The molecule has 2 aromatic carbocycles. The molecule has 0 fully saturated rings. The van der Waals surface area contributed by atoms with E-state index in [9.17, 15) is 4.79 Å². The summed E-state index contributed by atoms with van der Waals surface area (Å²) in [4.78, 5) is 14.9. The van der Waals surface area contributed by atoms with Crippen LogP contribution in [-0.4, -0.2) is 22.3 Å². The summed E-state index contributed by atoms with van der Waals surface area (Å²) >= 11 is 12.1. The Hall–Kier alpha value is -2.57. The van der Waals surface area contributed by atoms with Gasteiger partial charge < -0.3 is 10.1 Å². The van der Waals surface area contributed by atoms with Gasteiger partial charge >= 0.3 is 0 Å². The van der Waals surface area contributed by atoms with Gasteiger partial charge in [0, 0.05) is 6.42 Å². The van der Waals surface area contributed by atoms with E-state index in [2.05, 4.69) is 20.5 Å². The van der Waals surface area contributed by atoms with Crippen molar-refractivity contribution in [3.05, 3.63) is 74.1 Å². The molecule has 1 heterocycles. The number of hydrogen-bond donors (Lipinski definition) is 2. The van der Waals surface area contributed by atoms with Gasteiger partial charge in [-0.05, 0) is 29.8 Å². The largest absolute Gasteiger partial charge is 0.497 e. The highest BCUT2D eigenvalue weighted by atomic mass is 35.5. The van der Waals surface area contributed by atoms with Crippen molar-refractivity contribution < 1.29 is 4.74 Å². The Kier molecular flexibility index (Phi) is 5.21. The fourth-order valence-electron chi connectivity index (χ4n) is 2.20. The third-order valence-electron chi connectivity index (χ3n) is 3.50. The van der Waals surface area contributed by atoms with E-state index in [0.29, 0.717) is 27.8 Å². The molecule has 25 heavy (non-hydrogen) atoms. The van der Waals surface area contributed by atoms with Crippen molar-refractivity contribution in [1.82, 2.24) is 15.2 Å². The van der Waals surface area contributed by atoms with Crippen molar-refractivity contribution in [2.75, 3.05) is 12.4 Å². The van der Waals surface area contributed by atoms with Gasteiger partial charge in [-0.15, -0.1) is 10.2 Å². The third-order valence-corrected chi connectivity index (χ3v) is 4.32. The molecule has 1 aromatic heterocycles. The lowest BCUT2D eigenvalue weighted by Crippen LogP contribution is -2.18. The zero-order valence-electron chi connectivity index (χ0n) is 13.2. The topological polar surface area (TPSA) is 79.9 Å². The summed E-state index contributed by atoms with van der Waals surface area (Å²) in [6.07, 6.45) is 0.366. The van der Waals surface area contributed by atoms with Crippen LogP contribution in [0, 0.1) is 0 Å². The van der Waals surface area contributed by atoms with Gasteiger partial charge in [0.15, 0.2) is 0 Å². The number of rotatable bonds is 5. The fourth-order valence-corrected chi connectivity index (χ4v) is 2.54. The van der Waals surface area contributed by atoms with E-state index in [-0.39, 0.29) is 11.5 Å². The number of anilines is 2. The minimum atomic E-state index is -0.327. The summed E-state index contributed by atoms with van der Waals surface area (Å²) in [5.41, 5.74) is 1.44. The maximum atomic E-state index is 12.2. The summed E-state index contributed by atoms with van der Waals surface area (Å²) < 4.78 is 5.11. The van der Waals surface area contributed by atoms with Gasteiger partial charge in [-0.1, -0.05) is 41.4 Å². The predicted molar refractivity (Wildman–Crippen MR) is 98.2 cm³/mol. The van der Waals surface area contributed by atoms with E-state index >= 15 is 0 Å². The molecule has 0 saturated heterocycles. The zero-order chi connectivity index (χ0) is 17.8. The van der Waals surface area contributed by atoms with Crippen LogP contribution in [0.4, 0.5) is 11.6 Å². The molecule has 0 radical (unpaired) electrons. The van der Waals surface area contributed by atoms with Crippen LogP contribution in [0.1, 0.15) is 11.3 Å². The second kappa shape index (κ2) is 7.55. The van der Waals surface area contributed by atoms with E-state index in [0.717, 1.165) is 11.3 Å². The average Bonchev–Trinajstić information content (AvgIpc) is 2.62. The number of hydrogen-bond acceptors (Lipinski definition) is 5. The first kappa shape index (κ1) is 17.3. The monoisotopic (exact) mass is 376 g/mol. The fraction of sp³-hybridized carbons (Fsp3) is 0.118. The lowest BCUT2D eigenvalue weighted by atomic mass is 10.1. The van der Waals surface area contributed by atoms with Crippen LogP contribution in [-0.2, 0) is 6.42 Å². The number of aromatic amines is 1. The van der Waals surface area contributed by atoms with E-state index in [4.69, 9.17) is 27.9 Å². The molecule has 0 aliphatic carbocycles. The van der Waals surface area contributed by atoms with Gasteiger partial charge in [0.2, 0.25) is 5.95 Å². The first-order valence-corrected chi connectivity index (χ1v) is 8.12. The second-order valence-electron chi connectivity index (χ2n) is 5.20. The van der Waals surface area contributed by atoms with Gasteiger partial charge in [0.1, 0.15) is 11.4 Å². The molecule has 2 N–H and O–H groups in total. The molecule has 0 unspecified atom stereocenters.